The Bertz CT molecular complexity index is 927. The molecule has 1 aromatic carbocycles. The van der Waals surface area contributed by atoms with Gasteiger partial charge in [-0.1, -0.05) is 6.07 Å². The highest BCUT2D eigenvalue weighted by molar-refractivity contribution is 5.77. The SMILES string of the molecule is CCOc1cc([C@@H]2c3c([nH][nH]c3=O)C[C@@](C)(O)[C@H]2C(=O)OC(C)C)ccc1O. The van der Waals surface area contributed by atoms with Crippen LogP contribution in [0.4, 0.5) is 0 Å². The second-order valence-corrected chi connectivity index (χ2v) is 7.61. The number of phenols is 1. The fourth-order valence-electron chi connectivity index (χ4n) is 3.92. The summed E-state index contributed by atoms with van der Waals surface area (Å²) in [5.41, 5.74) is -0.314. The highest BCUT2D eigenvalue weighted by Gasteiger charge is 2.51. The van der Waals surface area contributed by atoms with E-state index in [1.165, 1.54) is 6.07 Å². The molecule has 0 saturated heterocycles. The largest absolute Gasteiger partial charge is 0.504 e. The van der Waals surface area contributed by atoms with Crippen LogP contribution in [0.1, 0.15) is 50.4 Å². The van der Waals surface area contributed by atoms with Gasteiger partial charge >= 0.3 is 5.97 Å². The van der Waals surface area contributed by atoms with Crippen molar-refractivity contribution in [1.29, 1.82) is 0 Å². The number of aromatic hydroxyl groups is 1. The fourth-order valence-corrected chi connectivity index (χ4v) is 3.92. The molecule has 8 nitrogen and oxygen atoms in total. The van der Waals surface area contributed by atoms with Crippen molar-refractivity contribution in [3.05, 3.63) is 45.4 Å². The van der Waals surface area contributed by atoms with Gasteiger partial charge in [-0.15, -0.1) is 0 Å². The smallest absolute Gasteiger partial charge is 0.313 e. The van der Waals surface area contributed by atoms with Gasteiger partial charge in [-0.2, -0.15) is 0 Å². The number of aromatic amines is 2. The Morgan fingerprint density at radius 1 is 1.36 bits per heavy atom. The van der Waals surface area contributed by atoms with Crippen LogP contribution in [0.2, 0.25) is 0 Å². The average molecular weight is 390 g/mol. The molecular formula is C20H26N2O6. The van der Waals surface area contributed by atoms with Gasteiger partial charge in [0, 0.05) is 23.6 Å². The number of carbonyl (C=O) groups excluding carboxylic acids is 1. The maximum Gasteiger partial charge on any atom is 0.313 e. The van der Waals surface area contributed by atoms with Crippen molar-refractivity contribution in [3.8, 4) is 11.5 Å². The van der Waals surface area contributed by atoms with E-state index >= 15 is 0 Å². The molecule has 1 aromatic heterocycles. The Kier molecular flexibility index (Phi) is 5.25. The minimum Gasteiger partial charge on any atom is -0.504 e. The van der Waals surface area contributed by atoms with Crippen LogP contribution in [-0.2, 0) is 16.0 Å². The molecule has 2 aromatic rings. The van der Waals surface area contributed by atoms with Gasteiger partial charge in [0.25, 0.3) is 5.56 Å². The van der Waals surface area contributed by atoms with Crippen LogP contribution in [0, 0.1) is 5.92 Å². The number of hydrogen-bond donors (Lipinski definition) is 4. The molecule has 0 radical (unpaired) electrons. The molecule has 28 heavy (non-hydrogen) atoms. The van der Waals surface area contributed by atoms with Crippen LogP contribution >= 0.6 is 0 Å². The number of benzene rings is 1. The number of fused-ring (bicyclic) bond motifs is 1. The van der Waals surface area contributed by atoms with Gasteiger partial charge in [0.2, 0.25) is 0 Å². The number of aromatic nitrogens is 2. The maximum atomic E-state index is 12.9. The summed E-state index contributed by atoms with van der Waals surface area (Å²) in [5.74, 6) is -2.15. The Balaban J connectivity index is 2.20. The van der Waals surface area contributed by atoms with E-state index in [0.29, 0.717) is 23.4 Å². The Morgan fingerprint density at radius 3 is 2.71 bits per heavy atom. The van der Waals surface area contributed by atoms with Crippen LogP contribution < -0.4 is 10.3 Å². The molecule has 1 aliphatic carbocycles. The molecule has 0 amide bonds. The molecule has 152 valence electrons. The van der Waals surface area contributed by atoms with E-state index in [0.717, 1.165) is 0 Å². The Hall–Kier alpha value is -2.74. The second kappa shape index (κ2) is 7.35. The summed E-state index contributed by atoms with van der Waals surface area (Å²) < 4.78 is 10.9. The van der Waals surface area contributed by atoms with Gasteiger partial charge in [0.15, 0.2) is 11.5 Å². The standard InChI is InChI=1S/C20H26N2O6/c1-5-27-14-8-11(6-7-13(14)23)15-16-12(21-22-18(16)24)9-20(4,26)17(15)19(25)28-10(2)3/h6-8,10,15,17,23,26H,5,9H2,1-4H3,(H2,21,22,24)/t15-,17-,20-/m1/s1. The first-order valence-corrected chi connectivity index (χ1v) is 9.33. The van der Waals surface area contributed by atoms with E-state index in [9.17, 15) is 19.8 Å². The van der Waals surface area contributed by atoms with Gasteiger partial charge in [-0.3, -0.25) is 14.7 Å². The Morgan fingerprint density at radius 2 is 2.07 bits per heavy atom. The first kappa shape index (κ1) is 20.0. The number of phenolic OH excluding ortho intramolecular Hbond substituents is 1. The minimum absolute atomic E-state index is 0.0438. The second-order valence-electron chi connectivity index (χ2n) is 7.61. The minimum atomic E-state index is -1.45. The monoisotopic (exact) mass is 390 g/mol. The van der Waals surface area contributed by atoms with Gasteiger partial charge in [-0.25, -0.2) is 0 Å². The van der Waals surface area contributed by atoms with Gasteiger partial charge in [-0.05, 0) is 45.4 Å². The molecule has 0 bridgehead atoms. The topological polar surface area (TPSA) is 125 Å². The number of ether oxygens (including phenoxy) is 2. The highest BCUT2D eigenvalue weighted by Crippen LogP contribution is 2.46. The van der Waals surface area contributed by atoms with Crippen LogP contribution in [-0.4, -0.2) is 44.7 Å². The Labute approximate surface area is 162 Å². The van der Waals surface area contributed by atoms with E-state index in [4.69, 9.17) is 9.47 Å². The molecule has 1 aliphatic rings. The van der Waals surface area contributed by atoms with Gasteiger partial charge < -0.3 is 24.8 Å². The molecule has 8 heteroatoms. The van der Waals surface area contributed by atoms with Gasteiger partial charge in [0.05, 0.1) is 24.2 Å². The maximum absolute atomic E-state index is 12.9. The lowest BCUT2D eigenvalue weighted by atomic mass is 9.66. The number of rotatable bonds is 5. The molecule has 4 N–H and O–H groups in total. The summed E-state index contributed by atoms with van der Waals surface area (Å²) in [5, 5.41) is 26.5. The van der Waals surface area contributed by atoms with Crippen molar-refractivity contribution in [3.63, 3.8) is 0 Å². The number of aliphatic hydroxyl groups is 1. The first-order chi connectivity index (χ1) is 13.2. The molecule has 0 aliphatic heterocycles. The average Bonchev–Trinajstić information content (AvgIpc) is 2.94. The van der Waals surface area contributed by atoms with E-state index in [2.05, 4.69) is 10.2 Å². The molecule has 3 atom stereocenters. The molecule has 1 heterocycles. The van der Waals surface area contributed by atoms with Crippen LogP contribution in [0.25, 0.3) is 0 Å². The zero-order chi connectivity index (χ0) is 20.6. The normalized spacial score (nSPS) is 24.1. The number of hydrogen-bond acceptors (Lipinski definition) is 6. The van der Waals surface area contributed by atoms with Crippen molar-refractivity contribution < 1.29 is 24.5 Å². The van der Waals surface area contributed by atoms with Crippen molar-refractivity contribution in [2.45, 2.75) is 51.7 Å². The lowest BCUT2D eigenvalue weighted by molar-refractivity contribution is -0.163. The van der Waals surface area contributed by atoms with Crippen molar-refractivity contribution >= 4 is 5.97 Å². The predicted molar refractivity (Wildman–Crippen MR) is 102 cm³/mol. The summed E-state index contributed by atoms with van der Waals surface area (Å²) in [4.78, 5) is 25.5. The fraction of sp³-hybridized carbons (Fsp3) is 0.500. The summed E-state index contributed by atoms with van der Waals surface area (Å²) in [6.07, 6.45) is -0.264. The number of nitrogens with one attached hydrogen (secondary N) is 2. The molecule has 0 saturated carbocycles. The van der Waals surface area contributed by atoms with Crippen LogP contribution in [0.15, 0.2) is 23.0 Å². The third-order valence-electron chi connectivity index (χ3n) is 4.99. The summed E-state index contributed by atoms with van der Waals surface area (Å²) in [6, 6.07) is 4.67. The molecule has 0 unspecified atom stereocenters. The predicted octanol–water partition coefficient (Wildman–Crippen LogP) is 1.81. The van der Waals surface area contributed by atoms with Crippen LogP contribution in [0.5, 0.6) is 11.5 Å². The van der Waals surface area contributed by atoms with Gasteiger partial charge in [0.1, 0.15) is 0 Å². The highest BCUT2D eigenvalue weighted by atomic mass is 16.5. The third kappa shape index (κ3) is 3.52. The third-order valence-corrected chi connectivity index (χ3v) is 4.99. The summed E-state index contributed by atoms with van der Waals surface area (Å²) in [6.45, 7) is 7.15. The first-order valence-electron chi connectivity index (χ1n) is 9.33. The number of esters is 1. The molecule has 3 rings (SSSR count). The number of H-pyrrole nitrogens is 2. The van der Waals surface area contributed by atoms with E-state index in [1.807, 2.05) is 0 Å². The zero-order valence-electron chi connectivity index (χ0n) is 16.4. The summed E-state index contributed by atoms with van der Waals surface area (Å²) in [7, 11) is 0. The van der Waals surface area contributed by atoms with E-state index < -0.39 is 23.4 Å². The number of carbonyl (C=O) groups is 1. The van der Waals surface area contributed by atoms with Crippen molar-refractivity contribution in [2.75, 3.05) is 6.61 Å². The zero-order valence-corrected chi connectivity index (χ0v) is 16.4. The van der Waals surface area contributed by atoms with Crippen molar-refractivity contribution in [1.82, 2.24) is 10.2 Å². The lowest BCUT2D eigenvalue weighted by Gasteiger charge is -2.40. The molecule has 0 spiro atoms. The molecular weight excluding hydrogens is 364 g/mol. The van der Waals surface area contributed by atoms with Crippen molar-refractivity contribution in [2.24, 2.45) is 5.92 Å². The quantitative estimate of drug-likeness (QED) is 0.577. The lowest BCUT2D eigenvalue weighted by Crippen LogP contribution is -2.50. The molecule has 0 fully saturated rings. The summed E-state index contributed by atoms with van der Waals surface area (Å²) >= 11 is 0. The van der Waals surface area contributed by atoms with E-state index in [1.54, 1.807) is 39.8 Å². The van der Waals surface area contributed by atoms with Crippen LogP contribution in [0.3, 0.4) is 0 Å². The van der Waals surface area contributed by atoms with E-state index in [-0.39, 0.29) is 29.6 Å².